The number of hydrogen-bond donors (Lipinski definition) is 2. The Balaban J connectivity index is 2.11. The van der Waals surface area contributed by atoms with E-state index in [0.29, 0.717) is 18.2 Å². The van der Waals surface area contributed by atoms with Gasteiger partial charge in [-0.3, -0.25) is 0 Å². The van der Waals surface area contributed by atoms with E-state index in [0.717, 1.165) is 24.9 Å². The molecule has 1 aliphatic rings. The average Bonchev–Trinajstić information content (AvgIpc) is 2.89. The van der Waals surface area contributed by atoms with E-state index in [-0.39, 0.29) is 10.4 Å². The summed E-state index contributed by atoms with van der Waals surface area (Å²) >= 11 is 6.00. The molecule has 2 N–H and O–H groups in total. The van der Waals surface area contributed by atoms with Gasteiger partial charge in [-0.1, -0.05) is 17.7 Å². The van der Waals surface area contributed by atoms with Gasteiger partial charge >= 0.3 is 0 Å². The third-order valence-electron chi connectivity index (χ3n) is 3.81. The molecule has 1 unspecified atom stereocenters. The lowest BCUT2D eigenvalue weighted by atomic mass is 9.99. The van der Waals surface area contributed by atoms with Crippen molar-refractivity contribution in [1.29, 1.82) is 0 Å². The Labute approximate surface area is 131 Å². The molecule has 21 heavy (non-hydrogen) atoms. The van der Waals surface area contributed by atoms with E-state index in [1.165, 1.54) is 6.07 Å². The number of ether oxygens (including phenoxy) is 1. The zero-order valence-electron chi connectivity index (χ0n) is 12.3. The van der Waals surface area contributed by atoms with Gasteiger partial charge in [-0.25, -0.2) is 13.1 Å². The Hall–Kier alpha value is -0.660. The third kappa shape index (κ3) is 3.96. The van der Waals surface area contributed by atoms with Gasteiger partial charge < -0.3 is 10.1 Å². The van der Waals surface area contributed by atoms with Gasteiger partial charge in [0.25, 0.3) is 0 Å². The first-order chi connectivity index (χ1) is 9.88. The van der Waals surface area contributed by atoms with Crippen LogP contribution < -0.4 is 10.0 Å². The van der Waals surface area contributed by atoms with E-state index in [1.54, 1.807) is 19.2 Å². The molecule has 2 rings (SSSR count). The Morgan fingerprint density at radius 2 is 2.24 bits per heavy atom. The van der Waals surface area contributed by atoms with Crippen LogP contribution in [0.3, 0.4) is 0 Å². The van der Waals surface area contributed by atoms with E-state index >= 15 is 0 Å². The van der Waals surface area contributed by atoms with Gasteiger partial charge in [-0.2, -0.15) is 0 Å². The van der Waals surface area contributed by atoms with Gasteiger partial charge in [0, 0.05) is 18.7 Å². The number of rotatable bonds is 6. The minimum absolute atomic E-state index is 0.184. The van der Waals surface area contributed by atoms with Crippen LogP contribution in [0.1, 0.15) is 18.4 Å². The first kappa shape index (κ1) is 16.7. The molecular formula is C14H21ClN2O3S. The van der Waals surface area contributed by atoms with Crippen LogP contribution in [0.5, 0.6) is 0 Å². The highest BCUT2D eigenvalue weighted by atomic mass is 35.5. The summed E-state index contributed by atoms with van der Waals surface area (Å²) in [6.45, 7) is 3.49. The van der Waals surface area contributed by atoms with E-state index in [4.69, 9.17) is 16.3 Å². The lowest BCUT2D eigenvalue weighted by Gasteiger charge is -2.28. The highest BCUT2D eigenvalue weighted by molar-refractivity contribution is 7.89. The van der Waals surface area contributed by atoms with Crippen LogP contribution >= 0.6 is 11.6 Å². The van der Waals surface area contributed by atoms with Crippen molar-refractivity contribution in [2.24, 2.45) is 0 Å². The van der Waals surface area contributed by atoms with Crippen molar-refractivity contribution in [1.82, 2.24) is 10.0 Å². The van der Waals surface area contributed by atoms with Crippen molar-refractivity contribution >= 4 is 21.6 Å². The summed E-state index contributed by atoms with van der Waals surface area (Å²) in [5.74, 6) is 0. The van der Waals surface area contributed by atoms with Crippen molar-refractivity contribution in [3.05, 3.63) is 28.8 Å². The maximum absolute atomic E-state index is 12.4. The normalized spacial score (nSPS) is 22.6. The molecule has 0 bridgehead atoms. The van der Waals surface area contributed by atoms with Crippen LogP contribution in [0, 0.1) is 6.92 Å². The maximum Gasteiger partial charge on any atom is 0.240 e. The van der Waals surface area contributed by atoms with Crippen molar-refractivity contribution in [2.45, 2.75) is 30.2 Å². The summed E-state index contributed by atoms with van der Waals surface area (Å²) in [5.41, 5.74) is 0.528. The first-order valence-corrected chi connectivity index (χ1v) is 8.74. The zero-order chi connectivity index (χ0) is 15.5. The third-order valence-corrected chi connectivity index (χ3v) is 5.61. The topological polar surface area (TPSA) is 67.4 Å². The minimum atomic E-state index is -3.57. The van der Waals surface area contributed by atoms with Gasteiger partial charge in [0.1, 0.15) is 0 Å². The summed E-state index contributed by atoms with van der Waals surface area (Å²) in [4.78, 5) is 0.184. The van der Waals surface area contributed by atoms with Crippen LogP contribution in [-0.4, -0.2) is 40.8 Å². The quantitative estimate of drug-likeness (QED) is 0.832. The van der Waals surface area contributed by atoms with Crippen molar-refractivity contribution in [3.8, 4) is 0 Å². The molecule has 118 valence electrons. The smallest absolute Gasteiger partial charge is 0.240 e. The van der Waals surface area contributed by atoms with Crippen LogP contribution in [0.25, 0.3) is 0 Å². The number of sulfonamides is 1. The predicted octanol–water partition coefficient (Wildman–Crippen LogP) is 1.70. The zero-order valence-corrected chi connectivity index (χ0v) is 13.9. The molecule has 1 aromatic carbocycles. The maximum atomic E-state index is 12.4. The molecule has 0 radical (unpaired) electrons. The van der Waals surface area contributed by atoms with E-state index in [1.807, 2.05) is 6.92 Å². The summed E-state index contributed by atoms with van der Waals surface area (Å²) < 4.78 is 32.6. The Morgan fingerprint density at radius 3 is 2.81 bits per heavy atom. The van der Waals surface area contributed by atoms with Gasteiger partial charge in [0.15, 0.2) is 0 Å². The second-order valence-corrected chi connectivity index (χ2v) is 7.65. The van der Waals surface area contributed by atoms with E-state index < -0.39 is 10.0 Å². The second kappa shape index (κ2) is 6.62. The van der Waals surface area contributed by atoms with Crippen LogP contribution in [0.2, 0.25) is 5.02 Å². The SMILES string of the molecule is COCC1(CNS(=O)(=O)c2ccc(C)c(Cl)c2)CCCN1. The summed E-state index contributed by atoms with van der Waals surface area (Å²) in [6.07, 6.45) is 1.90. The molecule has 0 saturated carbocycles. The fourth-order valence-electron chi connectivity index (χ4n) is 2.53. The van der Waals surface area contributed by atoms with Crippen LogP contribution in [-0.2, 0) is 14.8 Å². The second-order valence-electron chi connectivity index (χ2n) is 5.48. The fourth-order valence-corrected chi connectivity index (χ4v) is 3.93. The van der Waals surface area contributed by atoms with Gasteiger partial charge in [0.2, 0.25) is 10.0 Å². The molecule has 1 saturated heterocycles. The lowest BCUT2D eigenvalue weighted by molar-refractivity contribution is 0.122. The van der Waals surface area contributed by atoms with Gasteiger partial charge in [-0.05, 0) is 44.0 Å². The molecule has 0 amide bonds. The molecule has 0 aromatic heterocycles. The van der Waals surface area contributed by atoms with Gasteiger partial charge in [0.05, 0.1) is 17.0 Å². The molecule has 1 aliphatic heterocycles. The molecule has 1 fully saturated rings. The summed E-state index contributed by atoms with van der Waals surface area (Å²) in [6, 6.07) is 4.74. The number of halogens is 1. The number of benzene rings is 1. The van der Waals surface area contributed by atoms with Crippen LogP contribution in [0.15, 0.2) is 23.1 Å². The minimum Gasteiger partial charge on any atom is -0.383 e. The molecule has 0 aliphatic carbocycles. The Morgan fingerprint density at radius 1 is 1.48 bits per heavy atom. The highest BCUT2D eigenvalue weighted by Crippen LogP contribution is 2.22. The largest absolute Gasteiger partial charge is 0.383 e. The summed E-state index contributed by atoms with van der Waals surface area (Å²) in [5, 5.41) is 3.79. The Kier molecular flexibility index (Phi) is 5.27. The molecule has 1 aromatic rings. The van der Waals surface area contributed by atoms with Crippen molar-refractivity contribution < 1.29 is 13.2 Å². The summed E-state index contributed by atoms with van der Waals surface area (Å²) in [7, 11) is -1.95. The van der Waals surface area contributed by atoms with E-state index in [2.05, 4.69) is 10.0 Å². The molecular weight excluding hydrogens is 312 g/mol. The molecule has 7 heteroatoms. The van der Waals surface area contributed by atoms with E-state index in [9.17, 15) is 8.42 Å². The van der Waals surface area contributed by atoms with Gasteiger partial charge in [-0.15, -0.1) is 0 Å². The van der Waals surface area contributed by atoms with Crippen LogP contribution in [0.4, 0.5) is 0 Å². The molecule has 0 spiro atoms. The highest BCUT2D eigenvalue weighted by Gasteiger charge is 2.34. The molecule has 5 nitrogen and oxygen atoms in total. The monoisotopic (exact) mass is 332 g/mol. The van der Waals surface area contributed by atoms with Crippen molar-refractivity contribution in [2.75, 3.05) is 26.8 Å². The lowest BCUT2D eigenvalue weighted by Crippen LogP contribution is -2.52. The number of methoxy groups -OCH3 is 1. The number of aryl methyl sites for hydroxylation is 1. The predicted molar refractivity (Wildman–Crippen MR) is 83.2 cm³/mol. The fraction of sp³-hybridized carbons (Fsp3) is 0.571. The van der Waals surface area contributed by atoms with Crippen molar-refractivity contribution in [3.63, 3.8) is 0 Å². The Bertz CT molecular complexity index is 598. The molecule has 1 atom stereocenters. The number of hydrogen-bond acceptors (Lipinski definition) is 4. The average molecular weight is 333 g/mol. The standard InChI is InChI=1S/C14H21ClN2O3S/c1-11-4-5-12(8-13(11)15)21(18,19)17-9-14(10-20-2)6-3-7-16-14/h4-5,8,16-17H,3,6-7,9-10H2,1-2H3. The molecule has 1 heterocycles. The number of nitrogens with one attached hydrogen (secondary N) is 2. The first-order valence-electron chi connectivity index (χ1n) is 6.88.